The molecule has 44 heavy (non-hydrogen) atoms. The highest BCUT2D eigenvalue weighted by atomic mass is 32.2. The highest BCUT2D eigenvalue weighted by Gasteiger charge is 2.29. The minimum Gasteiger partial charge on any atom is -0.362 e. The number of hydrogen-bond donors (Lipinski definition) is 1. The standard InChI is InChI=1S/C28H36N2O3.C7H8O3S/c31-26-21-33-22-27(32)30(26)18-10-2-1-9-17-29-19-15-25(16-20-29)28(23-11-5-3-6-12-23)24-13-7-4-8-14-24;1-6-2-4-7(5-3-6)11(8,9)10/h3-8,11-14,25,28H,1-2,9-10,15-22H2;2-5H,1H3,(H,8,9,10). The Morgan fingerprint density at radius 3 is 1.75 bits per heavy atom. The van der Waals surface area contributed by atoms with Gasteiger partial charge in [-0.25, -0.2) is 0 Å². The van der Waals surface area contributed by atoms with E-state index in [1.807, 2.05) is 6.92 Å². The third kappa shape index (κ3) is 10.1. The maximum absolute atomic E-state index is 11.8. The van der Waals surface area contributed by atoms with Gasteiger partial charge in [-0.3, -0.25) is 19.0 Å². The smallest absolute Gasteiger partial charge is 0.294 e. The number of carbonyl (C=O) groups is 2. The number of rotatable bonds is 11. The number of likely N-dealkylation sites (tertiary alicyclic amines) is 1. The van der Waals surface area contributed by atoms with Gasteiger partial charge in [0.05, 0.1) is 4.90 Å². The number of imide groups is 1. The lowest BCUT2D eigenvalue weighted by Gasteiger charge is -2.36. The molecule has 0 radical (unpaired) electrons. The summed E-state index contributed by atoms with van der Waals surface area (Å²) in [5, 5.41) is 0. The molecule has 0 atom stereocenters. The van der Waals surface area contributed by atoms with E-state index in [1.54, 1.807) is 12.1 Å². The first-order chi connectivity index (χ1) is 21.2. The lowest BCUT2D eigenvalue weighted by atomic mass is 9.76. The third-order valence-electron chi connectivity index (χ3n) is 8.40. The summed E-state index contributed by atoms with van der Waals surface area (Å²) < 4.78 is 34.5. The van der Waals surface area contributed by atoms with Crippen LogP contribution in [-0.4, -0.2) is 74.0 Å². The molecule has 3 aromatic rings. The van der Waals surface area contributed by atoms with Crippen LogP contribution >= 0.6 is 0 Å². The predicted molar refractivity (Wildman–Crippen MR) is 171 cm³/mol. The van der Waals surface area contributed by atoms with Gasteiger partial charge in [-0.1, -0.05) is 91.2 Å². The Bertz CT molecular complexity index is 1370. The van der Waals surface area contributed by atoms with Crippen LogP contribution in [0.4, 0.5) is 0 Å². The Balaban J connectivity index is 0.000000339. The Kier molecular flexibility index (Phi) is 12.7. The molecule has 0 saturated carbocycles. The summed E-state index contributed by atoms with van der Waals surface area (Å²) >= 11 is 0. The number of piperidine rings is 1. The topological polar surface area (TPSA) is 104 Å². The van der Waals surface area contributed by atoms with Crippen LogP contribution < -0.4 is 0 Å². The number of nitrogens with zero attached hydrogens (tertiary/aromatic N) is 2. The lowest BCUT2D eigenvalue weighted by Crippen LogP contribution is -2.46. The quantitative estimate of drug-likeness (QED) is 0.166. The predicted octanol–water partition coefficient (Wildman–Crippen LogP) is 5.72. The zero-order valence-corrected chi connectivity index (χ0v) is 26.3. The van der Waals surface area contributed by atoms with Crippen LogP contribution in [0.5, 0.6) is 0 Å². The zero-order chi connectivity index (χ0) is 31.4. The van der Waals surface area contributed by atoms with E-state index in [0.717, 1.165) is 44.5 Å². The van der Waals surface area contributed by atoms with Crippen molar-refractivity contribution >= 4 is 21.9 Å². The van der Waals surface area contributed by atoms with E-state index < -0.39 is 10.1 Å². The molecule has 236 valence electrons. The average molecular weight is 621 g/mol. The number of ether oxygens (including phenoxy) is 1. The second-order valence-corrected chi connectivity index (χ2v) is 13.0. The molecule has 5 rings (SSSR count). The van der Waals surface area contributed by atoms with Gasteiger partial charge in [0.25, 0.3) is 21.9 Å². The zero-order valence-electron chi connectivity index (χ0n) is 25.5. The van der Waals surface area contributed by atoms with E-state index in [4.69, 9.17) is 9.29 Å². The van der Waals surface area contributed by atoms with Crippen molar-refractivity contribution in [2.45, 2.75) is 56.3 Å². The molecule has 2 amide bonds. The van der Waals surface area contributed by atoms with E-state index in [2.05, 4.69) is 65.6 Å². The van der Waals surface area contributed by atoms with E-state index in [1.165, 1.54) is 47.4 Å². The minimum absolute atomic E-state index is 0.0388. The first-order valence-electron chi connectivity index (χ1n) is 15.5. The fraction of sp³-hybridized carbons (Fsp3) is 0.429. The molecular formula is C35H44N2O6S. The van der Waals surface area contributed by atoms with Gasteiger partial charge < -0.3 is 9.64 Å². The Morgan fingerprint density at radius 2 is 1.25 bits per heavy atom. The minimum atomic E-state index is -4.02. The van der Waals surface area contributed by atoms with Gasteiger partial charge in [-0.2, -0.15) is 8.42 Å². The van der Waals surface area contributed by atoms with Crippen molar-refractivity contribution in [2.75, 3.05) is 39.4 Å². The Hall–Kier alpha value is -3.37. The van der Waals surface area contributed by atoms with Crippen LogP contribution in [0.3, 0.4) is 0 Å². The van der Waals surface area contributed by atoms with Crippen LogP contribution in [0.1, 0.15) is 61.1 Å². The average Bonchev–Trinajstić information content (AvgIpc) is 3.02. The largest absolute Gasteiger partial charge is 0.362 e. The van der Waals surface area contributed by atoms with E-state index in [0.29, 0.717) is 18.4 Å². The molecule has 2 saturated heterocycles. The molecule has 2 heterocycles. The summed E-state index contributed by atoms with van der Waals surface area (Å²) in [6, 6.07) is 27.9. The number of aryl methyl sites for hydroxylation is 1. The van der Waals surface area contributed by atoms with Crippen LogP contribution in [0, 0.1) is 12.8 Å². The number of carbonyl (C=O) groups excluding carboxylic acids is 2. The second-order valence-electron chi connectivity index (χ2n) is 11.6. The van der Waals surface area contributed by atoms with Crippen LogP contribution in [0.15, 0.2) is 89.8 Å². The molecule has 0 aliphatic carbocycles. The maximum atomic E-state index is 11.8. The Morgan fingerprint density at radius 1 is 0.750 bits per heavy atom. The van der Waals surface area contributed by atoms with Gasteiger partial charge in [0.1, 0.15) is 13.2 Å². The molecule has 0 bridgehead atoms. The van der Waals surface area contributed by atoms with Crippen molar-refractivity contribution < 1.29 is 27.3 Å². The van der Waals surface area contributed by atoms with Crippen molar-refractivity contribution in [3.05, 3.63) is 102 Å². The summed E-state index contributed by atoms with van der Waals surface area (Å²) in [4.78, 5) is 27.4. The van der Waals surface area contributed by atoms with Crippen LogP contribution in [0.25, 0.3) is 0 Å². The molecular weight excluding hydrogens is 576 g/mol. The van der Waals surface area contributed by atoms with E-state index in [9.17, 15) is 18.0 Å². The molecule has 8 nitrogen and oxygen atoms in total. The molecule has 0 unspecified atom stereocenters. The molecule has 3 aromatic carbocycles. The van der Waals surface area contributed by atoms with Crippen molar-refractivity contribution in [3.8, 4) is 0 Å². The molecule has 2 aliphatic heterocycles. The molecule has 9 heteroatoms. The SMILES string of the molecule is Cc1ccc(S(=O)(=O)O)cc1.O=C1COCC(=O)N1CCCCCCN1CCC(C(c2ccccc2)c2ccccc2)CC1. The summed E-state index contributed by atoms with van der Waals surface area (Å²) in [5.74, 6) is 0.756. The summed E-state index contributed by atoms with van der Waals surface area (Å²) in [6.07, 6.45) is 6.72. The molecule has 0 aromatic heterocycles. The highest BCUT2D eigenvalue weighted by molar-refractivity contribution is 7.85. The van der Waals surface area contributed by atoms with Crippen LogP contribution in [0.2, 0.25) is 0 Å². The maximum Gasteiger partial charge on any atom is 0.294 e. The molecule has 2 fully saturated rings. The van der Waals surface area contributed by atoms with Gasteiger partial charge in [-0.05, 0) is 81.4 Å². The van der Waals surface area contributed by atoms with Gasteiger partial charge in [0.15, 0.2) is 0 Å². The van der Waals surface area contributed by atoms with E-state index in [-0.39, 0.29) is 29.9 Å². The number of hydrogen-bond acceptors (Lipinski definition) is 6. The Labute approximate surface area is 261 Å². The fourth-order valence-electron chi connectivity index (χ4n) is 6.01. The second kappa shape index (κ2) is 16.6. The summed E-state index contributed by atoms with van der Waals surface area (Å²) in [5.41, 5.74) is 3.82. The monoisotopic (exact) mass is 620 g/mol. The summed E-state index contributed by atoms with van der Waals surface area (Å²) in [6.45, 7) is 5.92. The van der Waals surface area contributed by atoms with Crippen molar-refractivity contribution in [1.29, 1.82) is 0 Å². The van der Waals surface area contributed by atoms with Gasteiger partial charge >= 0.3 is 0 Å². The molecule has 2 aliphatic rings. The normalized spacial score (nSPS) is 16.6. The number of unbranched alkanes of at least 4 members (excludes halogenated alkanes) is 3. The van der Waals surface area contributed by atoms with Crippen molar-refractivity contribution in [3.63, 3.8) is 0 Å². The number of benzene rings is 3. The van der Waals surface area contributed by atoms with Crippen molar-refractivity contribution in [2.24, 2.45) is 5.92 Å². The highest BCUT2D eigenvalue weighted by Crippen LogP contribution is 2.38. The molecule has 0 spiro atoms. The van der Waals surface area contributed by atoms with Crippen molar-refractivity contribution in [1.82, 2.24) is 9.80 Å². The van der Waals surface area contributed by atoms with Gasteiger partial charge in [-0.15, -0.1) is 0 Å². The number of morpholine rings is 1. The first kappa shape index (κ1) is 33.5. The fourth-order valence-corrected chi connectivity index (χ4v) is 6.49. The first-order valence-corrected chi connectivity index (χ1v) is 16.9. The third-order valence-corrected chi connectivity index (χ3v) is 9.27. The van der Waals surface area contributed by atoms with E-state index >= 15 is 0 Å². The number of amides is 2. The van der Waals surface area contributed by atoms with Crippen LogP contribution in [-0.2, 0) is 24.4 Å². The van der Waals surface area contributed by atoms with Gasteiger partial charge in [0.2, 0.25) is 0 Å². The lowest BCUT2D eigenvalue weighted by molar-refractivity contribution is -0.158. The van der Waals surface area contributed by atoms with Gasteiger partial charge in [0, 0.05) is 12.5 Å². The molecule has 1 N–H and O–H groups in total. The summed E-state index contributed by atoms with van der Waals surface area (Å²) in [7, 11) is -4.02.